The number of rotatable bonds is 4. The lowest BCUT2D eigenvalue weighted by atomic mass is 10.1. The standard InChI is InChI=1S/C15H15ClN6/c1-10(19-15-7-14(16)20-11(2)21-15)12-4-3-5-13(6-12)22-9-17-8-18-22/h3-10H,1-2H3,(H,19,20,21). The summed E-state index contributed by atoms with van der Waals surface area (Å²) in [5, 5.41) is 7.90. The second-order valence-electron chi connectivity index (χ2n) is 4.92. The van der Waals surface area contributed by atoms with Crippen LogP contribution in [0.3, 0.4) is 0 Å². The van der Waals surface area contributed by atoms with Gasteiger partial charge in [-0.1, -0.05) is 23.7 Å². The number of halogens is 1. The zero-order chi connectivity index (χ0) is 15.5. The van der Waals surface area contributed by atoms with Gasteiger partial charge in [0.25, 0.3) is 0 Å². The minimum atomic E-state index is 0.0637. The van der Waals surface area contributed by atoms with E-state index in [1.807, 2.05) is 25.1 Å². The molecular weight excluding hydrogens is 300 g/mol. The number of aryl methyl sites for hydroxylation is 1. The van der Waals surface area contributed by atoms with Crippen LogP contribution in [0.5, 0.6) is 0 Å². The minimum Gasteiger partial charge on any atom is -0.363 e. The fourth-order valence-corrected chi connectivity index (χ4v) is 2.41. The van der Waals surface area contributed by atoms with Crippen molar-refractivity contribution in [1.82, 2.24) is 24.7 Å². The number of anilines is 1. The van der Waals surface area contributed by atoms with Crippen LogP contribution >= 0.6 is 11.6 Å². The third kappa shape index (κ3) is 3.23. The Morgan fingerprint density at radius 3 is 2.82 bits per heavy atom. The third-order valence-electron chi connectivity index (χ3n) is 3.22. The zero-order valence-corrected chi connectivity index (χ0v) is 13.0. The van der Waals surface area contributed by atoms with E-state index in [1.165, 1.54) is 6.33 Å². The van der Waals surface area contributed by atoms with Crippen molar-refractivity contribution in [3.05, 3.63) is 59.5 Å². The molecule has 0 saturated heterocycles. The molecule has 1 unspecified atom stereocenters. The molecule has 0 aliphatic carbocycles. The second-order valence-corrected chi connectivity index (χ2v) is 5.31. The molecule has 7 heteroatoms. The Hall–Kier alpha value is -2.47. The van der Waals surface area contributed by atoms with Gasteiger partial charge in [-0.3, -0.25) is 0 Å². The summed E-state index contributed by atoms with van der Waals surface area (Å²) in [6.45, 7) is 3.87. The third-order valence-corrected chi connectivity index (χ3v) is 3.42. The predicted molar refractivity (Wildman–Crippen MR) is 85.2 cm³/mol. The first-order chi connectivity index (χ1) is 10.6. The predicted octanol–water partition coefficient (Wildman–Crippen LogP) is 3.19. The van der Waals surface area contributed by atoms with Gasteiger partial charge >= 0.3 is 0 Å². The summed E-state index contributed by atoms with van der Waals surface area (Å²) < 4.78 is 1.72. The number of nitrogens with zero attached hydrogens (tertiary/aromatic N) is 5. The Labute approximate surface area is 133 Å². The highest BCUT2D eigenvalue weighted by atomic mass is 35.5. The van der Waals surface area contributed by atoms with E-state index in [-0.39, 0.29) is 6.04 Å². The van der Waals surface area contributed by atoms with Gasteiger partial charge in [0, 0.05) is 6.07 Å². The van der Waals surface area contributed by atoms with E-state index in [1.54, 1.807) is 17.1 Å². The highest BCUT2D eigenvalue weighted by molar-refractivity contribution is 6.29. The topological polar surface area (TPSA) is 68.5 Å². The van der Waals surface area contributed by atoms with Crippen molar-refractivity contribution < 1.29 is 0 Å². The van der Waals surface area contributed by atoms with Crippen molar-refractivity contribution in [2.75, 3.05) is 5.32 Å². The Bertz CT molecular complexity index is 751. The molecule has 2 aromatic heterocycles. The van der Waals surface area contributed by atoms with E-state index in [2.05, 4.69) is 38.4 Å². The van der Waals surface area contributed by atoms with Crippen LogP contribution in [-0.2, 0) is 0 Å². The van der Waals surface area contributed by atoms with Crippen LogP contribution in [0.25, 0.3) is 5.69 Å². The molecule has 112 valence electrons. The highest BCUT2D eigenvalue weighted by Gasteiger charge is 2.09. The lowest BCUT2D eigenvalue weighted by Gasteiger charge is -2.16. The van der Waals surface area contributed by atoms with Gasteiger partial charge in [0.15, 0.2) is 0 Å². The van der Waals surface area contributed by atoms with Crippen LogP contribution in [0.15, 0.2) is 43.0 Å². The number of hydrogen-bond acceptors (Lipinski definition) is 5. The van der Waals surface area contributed by atoms with Crippen LogP contribution in [-0.4, -0.2) is 24.7 Å². The van der Waals surface area contributed by atoms with Gasteiger partial charge in [0.2, 0.25) is 0 Å². The van der Waals surface area contributed by atoms with Gasteiger partial charge in [-0.2, -0.15) is 5.10 Å². The summed E-state index contributed by atoms with van der Waals surface area (Å²) in [7, 11) is 0. The van der Waals surface area contributed by atoms with Crippen molar-refractivity contribution in [2.24, 2.45) is 0 Å². The summed E-state index contributed by atoms with van der Waals surface area (Å²) in [5.74, 6) is 1.34. The summed E-state index contributed by atoms with van der Waals surface area (Å²) in [5.41, 5.74) is 2.07. The molecule has 1 N–H and O–H groups in total. The maximum atomic E-state index is 5.96. The molecule has 0 aliphatic rings. The van der Waals surface area contributed by atoms with E-state index >= 15 is 0 Å². The first-order valence-electron chi connectivity index (χ1n) is 6.84. The Kier molecular flexibility index (Phi) is 4.02. The molecule has 0 fully saturated rings. The van der Waals surface area contributed by atoms with Crippen molar-refractivity contribution >= 4 is 17.4 Å². The van der Waals surface area contributed by atoms with Crippen LogP contribution < -0.4 is 5.32 Å². The van der Waals surface area contributed by atoms with Gasteiger partial charge in [-0.25, -0.2) is 19.6 Å². The van der Waals surface area contributed by atoms with Gasteiger partial charge in [-0.15, -0.1) is 0 Å². The molecular formula is C15H15ClN6. The molecule has 0 amide bonds. The SMILES string of the molecule is Cc1nc(Cl)cc(NC(C)c2cccc(-n3cncn3)c2)n1. The zero-order valence-electron chi connectivity index (χ0n) is 12.2. The van der Waals surface area contributed by atoms with Gasteiger partial charge in [0.05, 0.1) is 11.7 Å². The number of nitrogens with one attached hydrogen (secondary N) is 1. The molecule has 3 rings (SSSR count). The summed E-state index contributed by atoms with van der Waals surface area (Å²) in [4.78, 5) is 12.4. The Balaban J connectivity index is 1.83. The van der Waals surface area contributed by atoms with Crippen molar-refractivity contribution in [3.8, 4) is 5.69 Å². The van der Waals surface area contributed by atoms with Gasteiger partial charge < -0.3 is 5.32 Å². The van der Waals surface area contributed by atoms with E-state index in [9.17, 15) is 0 Å². The molecule has 3 aromatic rings. The lowest BCUT2D eigenvalue weighted by molar-refractivity contribution is 0.846. The average molecular weight is 315 g/mol. The quantitative estimate of drug-likeness (QED) is 0.749. The molecule has 0 saturated carbocycles. The van der Waals surface area contributed by atoms with Gasteiger partial charge in [-0.05, 0) is 31.5 Å². The van der Waals surface area contributed by atoms with Crippen LogP contribution in [0, 0.1) is 6.92 Å². The molecule has 0 aliphatic heterocycles. The van der Waals surface area contributed by atoms with E-state index in [0.29, 0.717) is 16.8 Å². The van der Waals surface area contributed by atoms with Crippen LogP contribution in [0.2, 0.25) is 5.15 Å². The normalized spacial score (nSPS) is 12.1. The van der Waals surface area contributed by atoms with Crippen molar-refractivity contribution in [2.45, 2.75) is 19.9 Å². The van der Waals surface area contributed by atoms with Crippen LogP contribution in [0.1, 0.15) is 24.4 Å². The Morgan fingerprint density at radius 1 is 1.23 bits per heavy atom. The molecule has 1 aromatic carbocycles. The second kappa shape index (κ2) is 6.11. The fraction of sp³-hybridized carbons (Fsp3) is 0.200. The molecule has 0 radical (unpaired) electrons. The maximum absolute atomic E-state index is 5.96. The minimum absolute atomic E-state index is 0.0637. The first-order valence-corrected chi connectivity index (χ1v) is 7.22. The van der Waals surface area contributed by atoms with E-state index in [4.69, 9.17) is 11.6 Å². The van der Waals surface area contributed by atoms with Crippen molar-refractivity contribution in [1.29, 1.82) is 0 Å². The van der Waals surface area contributed by atoms with E-state index in [0.717, 1.165) is 11.3 Å². The number of benzene rings is 1. The molecule has 0 bridgehead atoms. The monoisotopic (exact) mass is 314 g/mol. The summed E-state index contributed by atoms with van der Waals surface area (Å²) in [6, 6.07) is 9.86. The molecule has 22 heavy (non-hydrogen) atoms. The number of aromatic nitrogens is 5. The number of hydrogen-bond donors (Lipinski definition) is 1. The van der Waals surface area contributed by atoms with E-state index < -0.39 is 0 Å². The Morgan fingerprint density at radius 2 is 2.09 bits per heavy atom. The highest BCUT2D eigenvalue weighted by Crippen LogP contribution is 2.21. The summed E-state index contributed by atoms with van der Waals surface area (Å²) in [6.07, 6.45) is 3.19. The van der Waals surface area contributed by atoms with Crippen LogP contribution in [0.4, 0.5) is 5.82 Å². The average Bonchev–Trinajstić information content (AvgIpc) is 3.00. The first kappa shape index (κ1) is 14.5. The molecule has 6 nitrogen and oxygen atoms in total. The molecule has 1 atom stereocenters. The van der Waals surface area contributed by atoms with Gasteiger partial charge in [0.1, 0.15) is 29.5 Å². The van der Waals surface area contributed by atoms with Crippen molar-refractivity contribution in [3.63, 3.8) is 0 Å². The lowest BCUT2D eigenvalue weighted by Crippen LogP contribution is -2.09. The fourth-order valence-electron chi connectivity index (χ4n) is 2.19. The smallest absolute Gasteiger partial charge is 0.138 e. The largest absolute Gasteiger partial charge is 0.363 e. The molecule has 0 spiro atoms. The molecule has 2 heterocycles. The maximum Gasteiger partial charge on any atom is 0.138 e. The summed E-state index contributed by atoms with van der Waals surface area (Å²) >= 11 is 5.96.